The van der Waals surface area contributed by atoms with Crippen molar-refractivity contribution in [3.05, 3.63) is 77.4 Å². The molecule has 3 rings (SSSR count). The molecule has 0 radical (unpaired) electrons. The number of hydrogen-bond acceptors (Lipinski definition) is 0. The number of benzene rings is 2. The lowest BCUT2D eigenvalue weighted by Crippen LogP contribution is -1.79. The number of rotatable bonds is 1. The second-order valence-corrected chi connectivity index (χ2v) is 3.93. The van der Waals surface area contributed by atoms with Gasteiger partial charge in [0.2, 0.25) is 0 Å². The second-order valence-electron chi connectivity index (χ2n) is 3.93. The molecular weight excluding hydrogens is 192 g/mol. The average Bonchev–Trinajstić information content (AvgIpc) is 2.74. The standard InChI is InChI=1S/C16H12/c1-2-6-13(7-3-1)12-15-11-10-14-8-4-5-9-16(14)15/h1-12H/b15-12-. The van der Waals surface area contributed by atoms with Crippen LogP contribution in [0.15, 0.2) is 60.7 Å². The Hall–Kier alpha value is -2.08. The Balaban J connectivity index is 2.06. The summed E-state index contributed by atoms with van der Waals surface area (Å²) < 4.78 is 0. The summed E-state index contributed by atoms with van der Waals surface area (Å²) >= 11 is 0. The van der Waals surface area contributed by atoms with Crippen LogP contribution in [-0.2, 0) is 0 Å². The van der Waals surface area contributed by atoms with Crippen LogP contribution < -0.4 is 0 Å². The third kappa shape index (κ3) is 1.59. The zero-order valence-corrected chi connectivity index (χ0v) is 8.93. The van der Waals surface area contributed by atoms with Crippen LogP contribution in [0.1, 0.15) is 16.7 Å². The van der Waals surface area contributed by atoms with E-state index in [0.29, 0.717) is 0 Å². The molecule has 0 unspecified atom stereocenters. The van der Waals surface area contributed by atoms with E-state index in [0.717, 1.165) is 0 Å². The van der Waals surface area contributed by atoms with Gasteiger partial charge in [0.1, 0.15) is 0 Å². The summed E-state index contributed by atoms with van der Waals surface area (Å²) in [6.07, 6.45) is 6.57. The van der Waals surface area contributed by atoms with Gasteiger partial charge in [-0.1, -0.05) is 66.7 Å². The van der Waals surface area contributed by atoms with Crippen molar-refractivity contribution in [1.82, 2.24) is 0 Å². The summed E-state index contributed by atoms with van der Waals surface area (Å²) in [6, 6.07) is 18.9. The zero-order valence-electron chi connectivity index (χ0n) is 8.93. The van der Waals surface area contributed by atoms with Crippen molar-refractivity contribution in [3.8, 4) is 0 Å². The molecule has 76 valence electrons. The summed E-state index contributed by atoms with van der Waals surface area (Å²) in [7, 11) is 0. The van der Waals surface area contributed by atoms with Crippen molar-refractivity contribution < 1.29 is 0 Å². The number of hydrogen-bond donors (Lipinski definition) is 0. The Morgan fingerprint density at radius 3 is 2.31 bits per heavy atom. The maximum Gasteiger partial charge on any atom is -0.0111 e. The van der Waals surface area contributed by atoms with E-state index in [2.05, 4.69) is 66.8 Å². The van der Waals surface area contributed by atoms with Gasteiger partial charge >= 0.3 is 0 Å². The lowest BCUT2D eigenvalue weighted by atomic mass is 10.0. The minimum absolute atomic E-state index is 1.25. The highest BCUT2D eigenvalue weighted by Crippen LogP contribution is 2.30. The first-order valence-corrected chi connectivity index (χ1v) is 5.48. The molecule has 0 fully saturated rings. The van der Waals surface area contributed by atoms with Gasteiger partial charge in [-0.05, 0) is 28.3 Å². The van der Waals surface area contributed by atoms with Crippen LogP contribution in [0.3, 0.4) is 0 Å². The maximum atomic E-state index is 2.22. The van der Waals surface area contributed by atoms with E-state index in [4.69, 9.17) is 0 Å². The predicted octanol–water partition coefficient (Wildman–Crippen LogP) is 4.25. The third-order valence-corrected chi connectivity index (χ3v) is 2.84. The van der Waals surface area contributed by atoms with E-state index in [9.17, 15) is 0 Å². The van der Waals surface area contributed by atoms with Crippen molar-refractivity contribution in [2.24, 2.45) is 0 Å². The summed E-state index contributed by atoms with van der Waals surface area (Å²) in [5.41, 5.74) is 5.18. The summed E-state index contributed by atoms with van der Waals surface area (Å²) in [5.74, 6) is 0. The minimum Gasteiger partial charge on any atom is -0.0622 e. The first-order chi connectivity index (χ1) is 7.93. The van der Waals surface area contributed by atoms with Gasteiger partial charge in [-0.15, -0.1) is 0 Å². The molecular formula is C16H12. The highest BCUT2D eigenvalue weighted by atomic mass is 14.1. The molecule has 0 saturated carbocycles. The van der Waals surface area contributed by atoms with Crippen LogP contribution in [0.5, 0.6) is 0 Å². The van der Waals surface area contributed by atoms with Crippen LogP contribution >= 0.6 is 0 Å². The van der Waals surface area contributed by atoms with Crippen LogP contribution in [0.4, 0.5) is 0 Å². The Labute approximate surface area is 95.6 Å². The first kappa shape index (κ1) is 9.17. The fourth-order valence-corrected chi connectivity index (χ4v) is 2.03. The smallest absolute Gasteiger partial charge is 0.0111 e. The van der Waals surface area contributed by atoms with E-state index in [1.54, 1.807) is 0 Å². The molecule has 2 aromatic rings. The van der Waals surface area contributed by atoms with Crippen molar-refractivity contribution in [1.29, 1.82) is 0 Å². The highest BCUT2D eigenvalue weighted by molar-refractivity contribution is 5.97. The van der Waals surface area contributed by atoms with Gasteiger partial charge in [-0.25, -0.2) is 0 Å². The number of fused-ring (bicyclic) bond motifs is 1. The predicted molar refractivity (Wildman–Crippen MR) is 69.8 cm³/mol. The van der Waals surface area contributed by atoms with E-state index in [1.807, 2.05) is 6.07 Å². The molecule has 0 nitrogen and oxygen atoms in total. The van der Waals surface area contributed by atoms with E-state index in [-0.39, 0.29) is 0 Å². The summed E-state index contributed by atoms with van der Waals surface area (Å²) in [4.78, 5) is 0. The Morgan fingerprint density at radius 1 is 0.688 bits per heavy atom. The largest absolute Gasteiger partial charge is 0.0622 e. The lowest BCUT2D eigenvalue weighted by Gasteiger charge is -2.00. The molecule has 0 amide bonds. The fraction of sp³-hybridized carbons (Fsp3) is 0. The van der Waals surface area contributed by atoms with Gasteiger partial charge in [0.25, 0.3) is 0 Å². The normalized spacial score (nSPS) is 15.4. The average molecular weight is 204 g/mol. The van der Waals surface area contributed by atoms with Crippen molar-refractivity contribution in [2.45, 2.75) is 0 Å². The van der Waals surface area contributed by atoms with Gasteiger partial charge in [-0.2, -0.15) is 0 Å². The zero-order chi connectivity index (χ0) is 10.8. The van der Waals surface area contributed by atoms with Gasteiger partial charge in [-0.3, -0.25) is 0 Å². The third-order valence-electron chi connectivity index (χ3n) is 2.84. The van der Waals surface area contributed by atoms with Gasteiger partial charge < -0.3 is 0 Å². The topological polar surface area (TPSA) is 0 Å². The van der Waals surface area contributed by atoms with E-state index >= 15 is 0 Å². The summed E-state index contributed by atoms with van der Waals surface area (Å²) in [5, 5.41) is 0. The van der Waals surface area contributed by atoms with Crippen molar-refractivity contribution >= 4 is 17.7 Å². The van der Waals surface area contributed by atoms with E-state index in [1.165, 1.54) is 22.3 Å². The lowest BCUT2D eigenvalue weighted by molar-refractivity contribution is 1.61. The first-order valence-electron chi connectivity index (χ1n) is 5.48. The molecule has 0 aliphatic heterocycles. The molecule has 1 aliphatic rings. The van der Waals surface area contributed by atoms with Crippen molar-refractivity contribution in [3.63, 3.8) is 0 Å². The quantitative estimate of drug-likeness (QED) is 0.651. The molecule has 2 aromatic carbocycles. The Morgan fingerprint density at radius 2 is 1.44 bits per heavy atom. The van der Waals surface area contributed by atoms with Crippen LogP contribution in [-0.4, -0.2) is 0 Å². The summed E-state index contributed by atoms with van der Waals surface area (Å²) in [6.45, 7) is 0. The fourth-order valence-electron chi connectivity index (χ4n) is 2.03. The molecule has 0 atom stereocenters. The molecule has 0 heteroatoms. The second kappa shape index (κ2) is 3.82. The molecule has 16 heavy (non-hydrogen) atoms. The molecule has 0 aromatic heterocycles. The highest BCUT2D eigenvalue weighted by Gasteiger charge is 2.08. The minimum atomic E-state index is 1.25. The molecule has 1 aliphatic carbocycles. The molecule has 0 bridgehead atoms. The van der Waals surface area contributed by atoms with Crippen LogP contribution in [0.25, 0.3) is 17.7 Å². The molecule has 0 spiro atoms. The molecule has 0 saturated heterocycles. The van der Waals surface area contributed by atoms with E-state index < -0.39 is 0 Å². The van der Waals surface area contributed by atoms with Crippen LogP contribution in [0, 0.1) is 0 Å². The molecule has 0 heterocycles. The maximum absolute atomic E-state index is 2.22. The van der Waals surface area contributed by atoms with Gasteiger partial charge in [0.15, 0.2) is 0 Å². The monoisotopic (exact) mass is 204 g/mol. The number of allylic oxidation sites excluding steroid dienone is 2. The van der Waals surface area contributed by atoms with Gasteiger partial charge in [0, 0.05) is 0 Å². The van der Waals surface area contributed by atoms with Crippen molar-refractivity contribution in [2.75, 3.05) is 0 Å². The van der Waals surface area contributed by atoms with Crippen LogP contribution in [0.2, 0.25) is 0 Å². The van der Waals surface area contributed by atoms with Gasteiger partial charge in [0.05, 0.1) is 0 Å². The molecule has 0 N–H and O–H groups in total. The Kier molecular flexibility index (Phi) is 2.19. The Bertz CT molecular complexity index is 560. The SMILES string of the molecule is C1=Cc2ccccc2/C1=C\c1ccccc1.